The fourth-order valence-electron chi connectivity index (χ4n) is 3.67. The largest absolute Gasteiger partial charge is 0.340 e. The van der Waals surface area contributed by atoms with Crippen molar-refractivity contribution < 1.29 is 9.63 Å². The van der Waals surface area contributed by atoms with E-state index in [1.165, 1.54) is 27.8 Å². The van der Waals surface area contributed by atoms with Crippen molar-refractivity contribution >= 4 is 5.91 Å². The molecule has 1 saturated heterocycles. The SMILES string of the molecule is CON1CCC(C)(N(C)C(=O)Cc2c(C)cc(C)c(C)c2C)CC1. The van der Waals surface area contributed by atoms with Gasteiger partial charge >= 0.3 is 0 Å². The summed E-state index contributed by atoms with van der Waals surface area (Å²) in [4.78, 5) is 20.2. The Hall–Kier alpha value is -1.39. The molecule has 24 heavy (non-hydrogen) atoms. The lowest BCUT2D eigenvalue weighted by Crippen LogP contribution is -2.54. The zero-order chi connectivity index (χ0) is 18.1. The first-order valence-corrected chi connectivity index (χ1v) is 8.81. The number of benzene rings is 1. The molecule has 0 atom stereocenters. The summed E-state index contributed by atoms with van der Waals surface area (Å²) in [5, 5.41) is 1.97. The third-order valence-electron chi connectivity index (χ3n) is 6.09. The predicted molar refractivity (Wildman–Crippen MR) is 98.1 cm³/mol. The molecule has 0 aliphatic carbocycles. The summed E-state index contributed by atoms with van der Waals surface area (Å²) in [5.41, 5.74) is 6.17. The van der Waals surface area contributed by atoms with Gasteiger partial charge in [-0.3, -0.25) is 4.79 Å². The zero-order valence-corrected chi connectivity index (χ0v) is 16.3. The van der Waals surface area contributed by atoms with Gasteiger partial charge in [0.15, 0.2) is 0 Å². The van der Waals surface area contributed by atoms with Gasteiger partial charge in [0.05, 0.1) is 13.5 Å². The van der Waals surface area contributed by atoms with E-state index in [0.29, 0.717) is 6.42 Å². The number of rotatable bonds is 4. The first-order valence-electron chi connectivity index (χ1n) is 8.81. The van der Waals surface area contributed by atoms with Crippen LogP contribution in [0.2, 0.25) is 0 Å². The molecule has 0 bridgehead atoms. The molecule has 4 nitrogen and oxygen atoms in total. The van der Waals surface area contributed by atoms with E-state index in [2.05, 4.69) is 40.7 Å². The van der Waals surface area contributed by atoms with Crippen molar-refractivity contribution in [2.75, 3.05) is 27.2 Å². The monoisotopic (exact) mass is 332 g/mol. The van der Waals surface area contributed by atoms with Crippen LogP contribution in [0.3, 0.4) is 0 Å². The van der Waals surface area contributed by atoms with Crippen LogP contribution < -0.4 is 0 Å². The Morgan fingerprint density at radius 1 is 1.17 bits per heavy atom. The Bertz CT molecular complexity index is 617. The van der Waals surface area contributed by atoms with E-state index in [0.717, 1.165) is 25.9 Å². The molecule has 0 unspecified atom stereocenters. The van der Waals surface area contributed by atoms with Crippen molar-refractivity contribution in [3.8, 4) is 0 Å². The summed E-state index contributed by atoms with van der Waals surface area (Å²) in [7, 11) is 3.67. The second-order valence-corrected chi connectivity index (χ2v) is 7.48. The maximum Gasteiger partial charge on any atom is 0.227 e. The second-order valence-electron chi connectivity index (χ2n) is 7.48. The zero-order valence-electron chi connectivity index (χ0n) is 16.3. The lowest BCUT2D eigenvalue weighted by Gasteiger charge is -2.44. The Balaban J connectivity index is 2.14. The maximum atomic E-state index is 12.9. The number of nitrogens with zero attached hydrogens (tertiary/aromatic N) is 2. The van der Waals surface area contributed by atoms with Gasteiger partial charge in [0, 0.05) is 25.7 Å². The van der Waals surface area contributed by atoms with E-state index in [4.69, 9.17) is 4.84 Å². The molecule has 2 rings (SSSR count). The molecule has 0 aromatic heterocycles. The fourth-order valence-corrected chi connectivity index (χ4v) is 3.67. The Morgan fingerprint density at radius 2 is 1.75 bits per heavy atom. The number of carbonyl (C=O) groups excluding carboxylic acids is 1. The van der Waals surface area contributed by atoms with Crippen LogP contribution in [-0.4, -0.2) is 48.7 Å². The van der Waals surface area contributed by atoms with E-state index < -0.39 is 0 Å². The topological polar surface area (TPSA) is 32.8 Å². The van der Waals surface area contributed by atoms with Crippen LogP contribution in [0.4, 0.5) is 0 Å². The molecular weight excluding hydrogens is 300 g/mol. The molecule has 1 aromatic rings. The van der Waals surface area contributed by atoms with E-state index in [9.17, 15) is 4.79 Å². The number of hydrogen-bond donors (Lipinski definition) is 0. The standard InChI is InChI=1S/C20H32N2O2/c1-14-12-15(2)18(17(4)16(14)3)13-19(23)21(6)20(5)8-10-22(24-7)11-9-20/h12H,8-11,13H2,1-7H3. The van der Waals surface area contributed by atoms with Crippen LogP contribution >= 0.6 is 0 Å². The van der Waals surface area contributed by atoms with E-state index in [1.807, 2.05) is 17.0 Å². The summed E-state index contributed by atoms with van der Waals surface area (Å²) in [6, 6.07) is 2.20. The van der Waals surface area contributed by atoms with Crippen molar-refractivity contribution in [3.05, 3.63) is 33.9 Å². The number of hydroxylamine groups is 2. The van der Waals surface area contributed by atoms with E-state index >= 15 is 0 Å². The molecule has 0 N–H and O–H groups in total. The quantitative estimate of drug-likeness (QED) is 0.848. The highest BCUT2D eigenvalue weighted by Crippen LogP contribution is 2.29. The summed E-state index contributed by atoms with van der Waals surface area (Å²) in [5.74, 6) is 0.206. The van der Waals surface area contributed by atoms with Gasteiger partial charge in [-0.15, -0.1) is 0 Å². The molecule has 0 radical (unpaired) electrons. The van der Waals surface area contributed by atoms with Crippen LogP contribution in [0.25, 0.3) is 0 Å². The normalized spacial score (nSPS) is 17.8. The van der Waals surface area contributed by atoms with Gasteiger partial charge in [-0.25, -0.2) is 0 Å². The number of piperidine rings is 1. The molecule has 1 aliphatic heterocycles. The number of amides is 1. The highest BCUT2D eigenvalue weighted by Gasteiger charge is 2.36. The van der Waals surface area contributed by atoms with Crippen molar-refractivity contribution in [3.63, 3.8) is 0 Å². The summed E-state index contributed by atoms with van der Waals surface area (Å²) >= 11 is 0. The van der Waals surface area contributed by atoms with Crippen molar-refractivity contribution in [1.29, 1.82) is 0 Å². The van der Waals surface area contributed by atoms with Gasteiger partial charge in [0.25, 0.3) is 0 Å². The van der Waals surface area contributed by atoms with Gasteiger partial charge in [0.1, 0.15) is 0 Å². The first kappa shape index (κ1) is 18.9. The minimum absolute atomic E-state index is 0.0896. The summed E-state index contributed by atoms with van der Waals surface area (Å²) in [6.07, 6.45) is 2.36. The van der Waals surface area contributed by atoms with Gasteiger partial charge in [-0.1, -0.05) is 6.07 Å². The molecule has 1 heterocycles. The van der Waals surface area contributed by atoms with Crippen LogP contribution in [0.1, 0.15) is 47.6 Å². The molecule has 134 valence electrons. The smallest absolute Gasteiger partial charge is 0.227 e. The number of carbonyl (C=O) groups is 1. The third kappa shape index (κ3) is 3.65. The lowest BCUT2D eigenvalue weighted by atomic mass is 9.87. The molecule has 4 heteroatoms. The average Bonchev–Trinajstić information content (AvgIpc) is 2.56. The lowest BCUT2D eigenvalue weighted by molar-refractivity contribution is -0.165. The van der Waals surface area contributed by atoms with Gasteiger partial charge in [-0.2, -0.15) is 5.06 Å². The van der Waals surface area contributed by atoms with Crippen LogP contribution in [0.5, 0.6) is 0 Å². The predicted octanol–water partition coefficient (Wildman–Crippen LogP) is 3.34. The van der Waals surface area contributed by atoms with Crippen LogP contribution in [-0.2, 0) is 16.1 Å². The minimum Gasteiger partial charge on any atom is -0.340 e. The number of likely N-dealkylation sites (N-methyl/N-ethyl adjacent to an activating group) is 1. The summed E-state index contributed by atoms with van der Waals surface area (Å²) in [6.45, 7) is 12.5. The molecular formula is C20H32N2O2. The fraction of sp³-hybridized carbons (Fsp3) is 0.650. The Morgan fingerprint density at radius 3 is 2.29 bits per heavy atom. The summed E-state index contributed by atoms with van der Waals surface area (Å²) < 4.78 is 0. The Kier molecular flexibility index (Phi) is 5.71. The van der Waals surface area contributed by atoms with Crippen molar-refractivity contribution in [2.45, 2.75) is 59.4 Å². The number of aryl methyl sites for hydroxylation is 2. The molecule has 0 spiro atoms. The maximum absolute atomic E-state index is 12.9. The molecule has 1 amide bonds. The van der Waals surface area contributed by atoms with Crippen molar-refractivity contribution in [2.24, 2.45) is 0 Å². The van der Waals surface area contributed by atoms with Gasteiger partial charge in [-0.05, 0) is 75.3 Å². The molecule has 1 aromatic carbocycles. The van der Waals surface area contributed by atoms with Gasteiger partial charge in [0.2, 0.25) is 5.91 Å². The van der Waals surface area contributed by atoms with Gasteiger partial charge < -0.3 is 9.74 Å². The highest BCUT2D eigenvalue weighted by atomic mass is 16.7. The van der Waals surface area contributed by atoms with Crippen LogP contribution in [0.15, 0.2) is 6.07 Å². The Labute approximate surface area is 146 Å². The third-order valence-corrected chi connectivity index (χ3v) is 6.09. The number of hydrogen-bond acceptors (Lipinski definition) is 3. The average molecular weight is 332 g/mol. The van der Waals surface area contributed by atoms with Crippen LogP contribution in [0, 0.1) is 27.7 Å². The first-order chi connectivity index (χ1) is 11.2. The molecule has 1 fully saturated rings. The van der Waals surface area contributed by atoms with E-state index in [-0.39, 0.29) is 11.4 Å². The highest BCUT2D eigenvalue weighted by molar-refractivity contribution is 5.80. The second kappa shape index (κ2) is 7.24. The van der Waals surface area contributed by atoms with Crippen molar-refractivity contribution in [1.82, 2.24) is 9.96 Å². The molecule has 1 aliphatic rings. The minimum atomic E-state index is -0.0896. The molecule has 0 saturated carbocycles. The van der Waals surface area contributed by atoms with E-state index in [1.54, 1.807) is 7.11 Å².